The van der Waals surface area contributed by atoms with Gasteiger partial charge in [-0.05, 0) is 42.5 Å². The Morgan fingerprint density at radius 2 is 1.84 bits per heavy atom. The lowest BCUT2D eigenvalue weighted by atomic mass is 10.2. The second-order valence-electron chi connectivity index (χ2n) is 5.19. The fourth-order valence-corrected chi connectivity index (χ4v) is 2.69. The van der Waals surface area contributed by atoms with E-state index in [1.165, 1.54) is 12.1 Å². The van der Waals surface area contributed by atoms with Gasteiger partial charge in [-0.25, -0.2) is 4.39 Å². The molecule has 0 aliphatic carbocycles. The standard InChI is InChI=1S/C17H12Br2FN3O2/c18-11-3-1-10(2-4-11)17-22-16(25-23-17)8-7-15(24)21-14-6-5-12(19)9-13(14)20/h1-6,9H,7-8H2,(H,21,24). The molecule has 2 aromatic carbocycles. The largest absolute Gasteiger partial charge is 0.339 e. The molecule has 0 saturated heterocycles. The van der Waals surface area contributed by atoms with Crippen LogP contribution in [0.4, 0.5) is 10.1 Å². The van der Waals surface area contributed by atoms with Crippen molar-refractivity contribution in [3.63, 3.8) is 0 Å². The molecule has 3 aromatic rings. The van der Waals surface area contributed by atoms with Crippen LogP contribution in [0.25, 0.3) is 11.4 Å². The molecule has 0 atom stereocenters. The van der Waals surface area contributed by atoms with Crippen molar-refractivity contribution in [3.8, 4) is 11.4 Å². The maximum atomic E-state index is 13.7. The normalized spacial score (nSPS) is 10.7. The highest BCUT2D eigenvalue weighted by molar-refractivity contribution is 9.10. The zero-order valence-electron chi connectivity index (χ0n) is 12.8. The average molecular weight is 469 g/mol. The van der Waals surface area contributed by atoms with Gasteiger partial charge in [-0.15, -0.1) is 0 Å². The minimum absolute atomic E-state index is 0.109. The zero-order valence-corrected chi connectivity index (χ0v) is 16.0. The first kappa shape index (κ1) is 17.8. The summed E-state index contributed by atoms with van der Waals surface area (Å²) in [7, 11) is 0. The summed E-state index contributed by atoms with van der Waals surface area (Å²) in [5.41, 5.74) is 0.953. The fourth-order valence-electron chi connectivity index (χ4n) is 2.10. The average Bonchev–Trinajstić information content (AvgIpc) is 3.05. The number of hydrogen-bond donors (Lipinski definition) is 1. The summed E-state index contributed by atoms with van der Waals surface area (Å²) >= 11 is 6.53. The van der Waals surface area contributed by atoms with E-state index >= 15 is 0 Å². The van der Waals surface area contributed by atoms with Crippen molar-refractivity contribution in [2.75, 3.05) is 5.32 Å². The Hall–Kier alpha value is -2.06. The Labute approximate surface area is 159 Å². The third kappa shape index (κ3) is 4.73. The van der Waals surface area contributed by atoms with Crippen molar-refractivity contribution in [2.24, 2.45) is 0 Å². The van der Waals surface area contributed by atoms with Gasteiger partial charge in [-0.3, -0.25) is 4.79 Å². The number of amides is 1. The van der Waals surface area contributed by atoms with Crippen LogP contribution in [0.5, 0.6) is 0 Å². The van der Waals surface area contributed by atoms with E-state index in [0.29, 0.717) is 16.2 Å². The van der Waals surface area contributed by atoms with Gasteiger partial charge in [0.25, 0.3) is 0 Å². The number of aromatic nitrogens is 2. The molecule has 0 unspecified atom stereocenters. The van der Waals surface area contributed by atoms with Crippen LogP contribution in [-0.2, 0) is 11.2 Å². The Morgan fingerprint density at radius 3 is 2.56 bits per heavy atom. The summed E-state index contributed by atoms with van der Waals surface area (Å²) in [4.78, 5) is 16.2. The van der Waals surface area contributed by atoms with Crippen molar-refractivity contribution < 1.29 is 13.7 Å². The number of rotatable bonds is 5. The molecular weight excluding hydrogens is 457 g/mol. The lowest BCUT2D eigenvalue weighted by Gasteiger charge is -2.05. The monoisotopic (exact) mass is 467 g/mol. The van der Waals surface area contributed by atoms with E-state index in [2.05, 4.69) is 47.3 Å². The number of nitrogens with zero attached hydrogens (tertiary/aromatic N) is 2. The molecule has 1 heterocycles. The van der Waals surface area contributed by atoms with Gasteiger partial charge < -0.3 is 9.84 Å². The number of anilines is 1. The third-order valence-electron chi connectivity index (χ3n) is 3.34. The molecule has 0 fully saturated rings. The number of nitrogens with one attached hydrogen (secondary N) is 1. The fraction of sp³-hybridized carbons (Fsp3) is 0.118. The highest BCUT2D eigenvalue weighted by atomic mass is 79.9. The number of halogens is 3. The van der Waals surface area contributed by atoms with Crippen molar-refractivity contribution >= 4 is 43.5 Å². The molecule has 1 N–H and O–H groups in total. The second-order valence-corrected chi connectivity index (χ2v) is 7.02. The van der Waals surface area contributed by atoms with Crippen LogP contribution in [0, 0.1) is 5.82 Å². The van der Waals surface area contributed by atoms with E-state index in [1.807, 2.05) is 24.3 Å². The summed E-state index contributed by atoms with van der Waals surface area (Å²) in [6.07, 6.45) is 0.380. The number of aryl methyl sites for hydroxylation is 1. The Bertz CT molecular complexity index is 897. The van der Waals surface area contributed by atoms with E-state index in [4.69, 9.17) is 4.52 Å². The Kier molecular flexibility index (Phi) is 5.60. The minimum Gasteiger partial charge on any atom is -0.339 e. The maximum absolute atomic E-state index is 13.7. The van der Waals surface area contributed by atoms with Gasteiger partial charge in [0.15, 0.2) is 0 Å². The third-order valence-corrected chi connectivity index (χ3v) is 4.36. The van der Waals surface area contributed by atoms with Crippen LogP contribution >= 0.6 is 31.9 Å². The van der Waals surface area contributed by atoms with Crippen LogP contribution in [-0.4, -0.2) is 16.0 Å². The maximum Gasteiger partial charge on any atom is 0.227 e. The Balaban J connectivity index is 1.58. The number of benzene rings is 2. The highest BCUT2D eigenvalue weighted by Crippen LogP contribution is 2.21. The van der Waals surface area contributed by atoms with Gasteiger partial charge in [-0.2, -0.15) is 4.98 Å². The molecule has 1 amide bonds. The van der Waals surface area contributed by atoms with Gasteiger partial charge in [0.2, 0.25) is 17.6 Å². The topological polar surface area (TPSA) is 68.0 Å². The van der Waals surface area contributed by atoms with Crippen LogP contribution in [0.3, 0.4) is 0 Å². The van der Waals surface area contributed by atoms with Crippen molar-refractivity contribution in [1.29, 1.82) is 0 Å². The van der Waals surface area contributed by atoms with Gasteiger partial charge in [0.05, 0.1) is 5.69 Å². The lowest BCUT2D eigenvalue weighted by molar-refractivity contribution is -0.116. The molecule has 0 spiro atoms. The zero-order chi connectivity index (χ0) is 17.8. The number of carbonyl (C=O) groups excluding carboxylic acids is 1. The molecule has 0 aliphatic heterocycles. The van der Waals surface area contributed by atoms with Crippen molar-refractivity contribution in [3.05, 3.63) is 63.1 Å². The van der Waals surface area contributed by atoms with Gasteiger partial charge >= 0.3 is 0 Å². The number of carbonyl (C=O) groups is 1. The summed E-state index contributed by atoms with van der Waals surface area (Å²) in [5, 5.41) is 6.43. The molecule has 5 nitrogen and oxygen atoms in total. The molecule has 0 radical (unpaired) electrons. The summed E-state index contributed by atoms with van der Waals surface area (Å²) in [6, 6.07) is 11.9. The molecule has 1 aromatic heterocycles. The molecule has 0 aliphatic rings. The van der Waals surface area contributed by atoms with Gasteiger partial charge in [0.1, 0.15) is 5.82 Å². The molecule has 128 valence electrons. The predicted molar refractivity (Wildman–Crippen MR) is 98.5 cm³/mol. The van der Waals surface area contributed by atoms with E-state index < -0.39 is 5.82 Å². The number of hydrogen-bond acceptors (Lipinski definition) is 4. The van der Waals surface area contributed by atoms with Crippen molar-refractivity contribution in [2.45, 2.75) is 12.8 Å². The van der Waals surface area contributed by atoms with Gasteiger partial charge in [0, 0.05) is 27.4 Å². The predicted octanol–water partition coefficient (Wildman–Crippen LogP) is 4.97. The quantitative estimate of drug-likeness (QED) is 0.573. The van der Waals surface area contributed by atoms with E-state index in [-0.39, 0.29) is 24.4 Å². The van der Waals surface area contributed by atoms with Crippen LogP contribution in [0.2, 0.25) is 0 Å². The SMILES string of the molecule is O=C(CCc1nc(-c2ccc(Br)cc2)no1)Nc1ccc(Br)cc1F. The summed E-state index contributed by atoms with van der Waals surface area (Å²) < 4.78 is 20.4. The first-order chi connectivity index (χ1) is 12.0. The van der Waals surface area contributed by atoms with Crippen LogP contribution in [0.1, 0.15) is 12.3 Å². The second kappa shape index (κ2) is 7.88. The molecule has 3 rings (SSSR count). The Morgan fingerprint density at radius 1 is 1.12 bits per heavy atom. The molecule has 0 saturated carbocycles. The minimum atomic E-state index is -0.502. The summed E-state index contributed by atoms with van der Waals surface area (Å²) in [6.45, 7) is 0. The van der Waals surface area contributed by atoms with E-state index in [0.717, 1.165) is 10.0 Å². The first-order valence-electron chi connectivity index (χ1n) is 7.35. The first-order valence-corrected chi connectivity index (χ1v) is 8.93. The summed E-state index contributed by atoms with van der Waals surface area (Å²) in [5.74, 6) is -0.0196. The molecular formula is C17H12Br2FN3O2. The molecule has 25 heavy (non-hydrogen) atoms. The van der Waals surface area contributed by atoms with E-state index in [9.17, 15) is 9.18 Å². The van der Waals surface area contributed by atoms with Crippen LogP contribution in [0.15, 0.2) is 55.9 Å². The van der Waals surface area contributed by atoms with Crippen LogP contribution < -0.4 is 5.32 Å². The van der Waals surface area contributed by atoms with Crippen molar-refractivity contribution in [1.82, 2.24) is 10.1 Å². The molecule has 0 bridgehead atoms. The van der Waals surface area contributed by atoms with E-state index in [1.54, 1.807) is 6.07 Å². The molecule has 8 heteroatoms. The smallest absolute Gasteiger partial charge is 0.227 e. The highest BCUT2D eigenvalue weighted by Gasteiger charge is 2.12. The van der Waals surface area contributed by atoms with Gasteiger partial charge in [-0.1, -0.05) is 37.0 Å². The lowest BCUT2D eigenvalue weighted by Crippen LogP contribution is -2.13.